The molecule has 0 unspecified atom stereocenters. The van der Waals surface area contributed by atoms with Gasteiger partial charge in [0.2, 0.25) is 0 Å². The number of anilines is 2. The highest BCUT2D eigenvalue weighted by Gasteiger charge is 2.34. The lowest BCUT2D eigenvalue weighted by molar-refractivity contribution is 0.0193. The molecule has 3 heterocycles. The molecule has 2 aliphatic heterocycles. The van der Waals surface area contributed by atoms with Crippen LogP contribution in [0.25, 0.3) is 11.3 Å². The summed E-state index contributed by atoms with van der Waals surface area (Å²) >= 11 is 6.61. The van der Waals surface area contributed by atoms with Crippen LogP contribution in [0, 0.1) is 18.3 Å². The number of phenolic OH excluding ortho intramolecular Hbond substituents is 2. The Morgan fingerprint density at radius 1 is 0.925 bits per heavy atom. The van der Waals surface area contributed by atoms with Gasteiger partial charge in [0.25, 0.3) is 11.8 Å². The monoisotopic (exact) mass is 751 g/mol. The fourth-order valence-electron chi connectivity index (χ4n) is 7.17. The van der Waals surface area contributed by atoms with Crippen molar-refractivity contribution in [2.45, 2.75) is 25.9 Å². The lowest BCUT2D eigenvalue weighted by atomic mass is 9.92. The third kappa shape index (κ3) is 7.48. The highest BCUT2D eigenvalue weighted by atomic mass is 35.5. The average molecular weight is 753 g/mol. The molecule has 1 atom stereocenters. The zero-order valence-electron chi connectivity index (χ0n) is 29.3. The molecular formula is C41H39Cl2N5O5. The Balaban J connectivity index is 0.00000481. The number of aromatic hydroxyl groups is 2. The van der Waals surface area contributed by atoms with Gasteiger partial charge in [-0.15, -0.1) is 12.4 Å². The second-order valence-electron chi connectivity index (χ2n) is 13.2. The average Bonchev–Trinajstić information content (AvgIpc) is 3.46. The highest BCUT2D eigenvalue weighted by Crippen LogP contribution is 2.37. The summed E-state index contributed by atoms with van der Waals surface area (Å²) < 4.78 is 7.47. The molecule has 10 nitrogen and oxygen atoms in total. The Kier molecular flexibility index (Phi) is 11.1. The second-order valence-corrected chi connectivity index (χ2v) is 13.7. The van der Waals surface area contributed by atoms with E-state index in [2.05, 4.69) is 17.0 Å². The standard InChI is InChI=1S/C41H38ClN5O5.ClH/c1-26-36(41(51)47(31-8-11-34(48)12-9-31)32-10-14-39(49)29(20-32)23-43)22-38(44(26)2)37-21-30(42)7-13-35(37)40(50)46-24-28-6-4-3-5-27(28)19-33(46)25-45-15-17-52-18-16-45;/h3-14,20-22,33,48-49H,15-19,24-25H2,1-2H3;1H/t33-;/m0./s1. The first-order chi connectivity index (χ1) is 25.1. The van der Waals surface area contributed by atoms with Crippen LogP contribution in [0.3, 0.4) is 0 Å². The van der Waals surface area contributed by atoms with E-state index in [9.17, 15) is 25.1 Å². The predicted molar refractivity (Wildman–Crippen MR) is 206 cm³/mol. The third-order valence-electron chi connectivity index (χ3n) is 10.1. The zero-order valence-corrected chi connectivity index (χ0v) is 30.9. The molecular weight excluding hydrogens is 713 g/mol. The summed E-state index contributed by atoms with van der Waals surface area (Å²) in [6.45, 7) is 6.00. The lowest BCUT2D eigenvalue weighted by Gasteiger charge is -2.40. The van der Waals surface area contributed by atoms with Crippen molar-refractivity contribution in [2.75, 3.05) is 37.7 Å². The summed E-state index contributed by atoms with van der Waals surface area (Å²) in [5, 5.41) is 30.3. The molecule has 0 aliphatic carbocycles. The maximum atomic E-state index is 14.8. The van der Waals surface area contributed by atoms with Crippen LogP contribution < -0.4 is 4.90 Å². The first-order valence-corrected chi connectivity index (χ1v) is 17.5. The van der Waals surface area contributed by atoms with Crippen LogP contribution in [0.4, 0.5) is 11.4 Å². The molecule has 7 rings (SSSR count). The van der Waals surface area contributed by atoms with Crippen molar-refractivity contribution in [3.8, 4) is 28.8 Å². The van der Waals surface area contributed by atoms with Gasteiger partial charge in [-0.25, -0.2) is 0 Å². The number of carbonyl (C=O) groups excluding carboxylic acids is 2. The van der Waals surface area contributed by atoms with E-state index in [0.29, 0.717) is 64.2 Å². The molecule has 4 aromatic carbocycles. The van der Waals surface area contributed by atoms with Gasteiger partial charge in [0.05, 0.1) is 30.0 Å². The first-order valence-electron chi connectivity index (χ1n) is 17.1. The van der Waals surface area contributed by atoms with Crippen LogP contribution in [0.1, 0.15) is 43.1 Å². The minimum absolute atomic E-state index is 0. The van der Waals surface area contributed by atoms with Gasteiger partial charge in [0.15, 0.2) is 0 Å². The predicted octanol–water partition coefficient (Wildman–Crippen LogP) is 7.24. The summed E-state index contributed by atoms with van der Waals surface area (Å²) in [4.78, 5) is 35.1. The van der Waals surface area contributed by atoms with Crippen molar-refractivity contribution < 1.29 is 24.5 Å². The number of carbonyl (C=O) groups is 2. The minimum Gasteiger partial charge on any atom is -0.508 e. The van der Waals surface area contributed by atoms with Crippen LogP contribution in [0.2, 0.25) is 5.02 Å². The molecule has 5 aromatic rings. The molecule has 1 saturated heterocycles. The maximum Gasteiger partial charge on any atom is 0.264 e. The normalized spacial score (nSPS) is 15.6. The molecule has 2 aliphatic rings. The molecule has 0 spiro atoms. The number of benzene rings is 4. The lowest BCUT2D eigenvalue weighted by Crippen LogP contribution is -2.52. The largest absolute Gasteiger partial charge is 0.508 e. The molecule has 12 heteroatoms. The number of nitrogens with zero attached hydrogens (tertiary/aromatic N) is 5. The van der Waals surface area contributed by atoms with Gasteiger partial charge in [-0.2, -0.15) is 5.26 Å². The molecule has 272 valence electrons. The van der Waals surface area contributed by atoms with Gasteiger partial charge in [-0.3, -0.25) is 19.4 Å². The van der Waals surface area contributed by atoms with Crippen LogP contribution in [0.15, 0.2) is 91.0 Å². The fourth-order valence-corrected chi connectivity index (χ4v) is 7.34. The number of hydrogen-bond acceptors (Lipinski definition) is 7. The Morgan fingerprint density at radius 2 is 1.62 bits per heavy atom. The van der Waals surface area contributed by atoms with E-state index in [-0.39, 0.29) is 41.4 Å². The van der Waals surface area contributed by atoms with Crippen molar-refractivity contribution in [1.29, 1.82) is 5.26 Å². The molecule has 2 N–H and O–H groups in total. The van der Waals surface area contributed by atoms with Crippen molar-refractivity contribution >= 4 is 47.2 Å². The quantitative estimate of drug-likeness (QED) is 0.180. The van der Waals surface area contributed by atoms with E-state index in [4.69, 9.17) is 16.3 Å². The Morgan fingerprint density at radius 3 is 2.34 bits per heavy atom. The van der Waals surface area contributed by atoms with Crippen LogP contribution in [-0.2, 0) is 24.8 Å². The van der Waals surface area contributed by atoms with Crippen LogP contribution in [-0.4, -0.2) is 75.3 Å². The number of amides is 2. The topological polar surface area (TPSA) is 122 Å². The van der Waals surface area contributed by atoms with Crippen LogP contribution in [0.5, 0.6) is 11.5 Å². The van der Waals surface area contributed by atoms with Crippen molar-refractivity contribution in [3.05, 3.63) is 130 Å². The van der Waals surface area contributed by atoms with Crippen molar-refractivity contribution in [2.24, 2.45) is 7.05 Å². The number of fused-ring (bicyclic) bond motifs is 1. The SMILES string of the molecule is Cc1c(C(=O)N(c2ccc(O)cc2)c2ccc(O)c(C#N)c2)cc(-c2cc(Cl)ccc2C(=O)N2Cc3ccccc3C[C@H]2CN2CCOCC2)n1C.Cl. The number of nitriles is 1. The summed E-state index contributed by atoms with van der Waals surface area (Å²) in [7, 11) is 1.84. The number of rotatable bonds is 7. The number of ether oxygens (including phenoxy) is 1. The third-order valence-corrected chi connectivity index (χ3v) is 10.3. The van der Waals surface area contributed by atoms with E-state index in [1.807, 2.05) is 41.6 Å². The van der Waals surface area contributed by atoms with Gasteiger partial charge in [-0.1, -0.05) is 35.9 Å². The fraction of sp³-hybridized carbons (Fsp3) is 0.244. The molecule has 0 radical (unpaired) electrons. The van der Waals surface area contributed by atoms with Gasteiger partial charge in [0, 0.05) is 72.5 Å². The van der Waals surface area contributed by atoms with Gasteiger partial charge in [-0.05, 0) is 91.2 Å². The molecule has 0 saturated carbocycles. The van der Waals surface area contributed by atoms with E-state index in [1.54, 1.807) is 42.5 Å². The number of phenols is 2. The van der Waals surface area contributed by atoms with Gasteiger partial charge >= 0.3 is 0 Å². The van der Waals surface area contributed by atoms with E-state index in [1.165, 1.54) is 34.7 Å². The summed E-state index contributed by atoms with van der Waals surface area (Å²) in [6, 6.07) is 27.7. The number of halogens is 2. The Hall–Kier alpha value is -5.31. The number of aromatic nitrogens is 1. The first kappa shape index (κ1) is 37.4. The highest BCUT2D eigenvalue weighted by molar-refractivity contribution is 6.31. The smallest absolute Gasteiger partial charge is 0.264 e. The maximum absolute atomic E-state index is 14.8. The number of morpholine rings is 1. The van der Waals surface area contributed by atoms with E-state index >= 15 is 0 Å². The molecule has 53 heavy (non-hydrogen) atoms. The summed E-state index contributed by atoms with van der Waals surface area (Å²) in [5.41, 5.74) is 5.86. The van der Waals surface area contributed by atoms with E-state index in [0.717, 1.165) is 31.6 Å². The van der Waals surface area contributed by atoms with Crippen LogP contribution >= 0.6 is 24.0 Å². The van der Waals surface area contributed by atoms with E-state index < -0.39 is 5.91 Å². The minimum atomic E-state index is -0.410. The molecule has 0 bridgehead atoms. The number of hydrogen-bond donors (Lipinski definition) is 2. The molecule has 2 amide bonds. The second kappa shape index (κ2) is 15.7. The summed E-state index contributed by atoms with van der Waals surface area (Å²) in [5.74, 6) is -0.705. The Labute approximate surface area is 319 Å². The van der Waals surface area contributed by atoms with Crippen molar-refractivity contribution in [1.82, 2.24) is 14.4 Å². The van der Waals surface area contributed by atoms with Gasteiger partial charge < -0.3 is 24.4 Å². The van der Waals surface area contributed by atoms with Crippen molar-refractivity contribution in [3.63, 3.8) is 0 Å². The zero-order chi connectivity index (χ0) is 36.5. The van der Waals surface area contributed by atoms with Gasteiger partial charge in [0.1, 0.15) is 17.6 Å². The summed E-state index contributed by atoms with van der Waals surface area (Å²) in [6.07, 6.45) is 0.738. The molecule has 1 aromatic heterocycles. The molecule has 1 fully saturated rings. The Bertz CT molecular complexity index is 2210.